The molecule has 0 fully saturated rings. The van der Waals surface area contributed by atoms with E-state index in [1.807, 2.05) is 13.0 Å². The summed E-state index contributed by atoms with van der Waals surface area (Å²) in [7, 11) is 0. The minimum absolute atomic E-state index is 0.0820. The lowest BCUT2D eigenvalue weighted by molar-refractivity contribution is -0.121. The summed E-state index contributed by atoms with van der Waals surface area (Å²) in [5.41, 5.74) is 6.48. The van der Waals surface area contributed by atoms with Gasteiger partial charge >= 0.3 is 0 Å². The Morgan fingerprint density at radius 1 is 1.36 bits per heavy atom. The number of anilines is 1. The Kier molecular flexibility index (Phi) is 4.41. The molecular weight excluding hydrogens is 342 g/mol. The lowest BCUT2D eigenvalue weighted by Crippen LogP contribution is -2.46. The van der Waals surface area contributed by atoms with Gasteiger partial charge in [0.1, 0.15) is 5.69 Å². The maximum absolute atomic E-state index is 12.3. The molecule has 1 aromatic heterocycles. The van der Waals surface area contributed by atoms with E-state index in [1.165, 1.54) is 6.20 Å². The summed E-state index contributed by atoms with van der Waals surface area (Å²) in [5.74, 6) is -0.475. The molecule has 0 saturated heterocycles. The Bertz CT molecular complexity index is 866. The Hall–Kier alpha value is -2.93. The second kappa shape index (κ2) is 6.52. The van der Waals surface area contributed by atoms with Crippen molar-refractivity contribution in [2.24, 2.45) is 10.7 Å². The first-order valence-electron chi connectivity index (χ1n) is 7.54. The lowest BCUT2D eigenvalue weighted by atomic mass is 9.87. The summed E-state index contributed by atoms with van der Waals surface area (Å²) >= 11 is 5.77. The Balaban J connectivity index is 1.84. The standard InChI is InChI=1S/C17H16ClN5O2/c1-17(8-14(24)22-16(19)23-17)10-3-2-4-12(7-10)21-15(25)13-6-5-11(18)9-20-13/h2-7,9H,8H2,1H3,(H,21,25)(H3,19,22,23,24)/t17-/m0/s1. The number of carbonyl (C=O) groups is 2. The highest BCUT2D eigenvalue weighted by Gasteiger charge is 2.33. The van der Waals surface area contributed by atoms with Gasteiger partial charge in [-0.25, -0.2) is 9.98 Å². The maximum Gasteiger partial charge on any atom is 0.274 e. The number of aliphatic imine (C=N–C) groups is 1. The molecule has 2 heterocycles. The predicted octanol–water partition coefficient (Wildman–Crippen LogP) is 2.04. The molecular formula is C17H16ClN5O2. The number of hydrogen-bond acceptors (Lipinski definition) is 5. The van der Waals surface area contributed by atoms with Gasteiger partial charge in [0.05, 0.1) is 17.0 Å². The third kappa shape index (κ3) is 3.77. The number of rotatable bonds is 3. The average Bonchev–Trinajstić information content (AvgIpc) is 2.54. The maximum atomic E-state index is 12.3. The van der Waals surface area contributed by atoms with Gasteiger partial charge in [0.25, 0.3) is 5.91 Å². The van der Waals surface area contributed by atoms with E-state index in [4.69, 9.17) is 17.3 Å². The Labute approximate surface area is 149 Å². The number of carbonyl (C=O) groups excluding carboxylic acids is 2. The van der Waals surface area contributed by atoms with Crippen molar-refractivity contribution in [2.75, 3.05) is 5.32 Å². The summed E-state index contributed by atoms with van der Waals surface area (Å²) in [6.45, 7) is 1.82. The third-order valence-corrected chi connectivity index (χ3v) is 4.07. The number of aromatic nitrogens is 1. The van der Waals surface area contributed by atoms with E-state index >= 15 is 0 Å². The van der Waals surface area contributed by atoms with E-state index in [9.17, 15) is 9.59 Å². The monoisotopic (exact) mass is 357 g/mol. The molecule has 25 heavy (non-hydrogen) atoms. The number of nitrogens with zero attached hydrogens (tertiary/aromatic N) is 2. The fraction of sp³-hybridized carbons (Fsp3) is 0.176. The molecule has 0 aliphatic carbocycles. The summed E-state index contributed by atoms with van der Waals surface area (Å²) in [5, 5.41) is 5.71. The zero-order valence-corrected chi connectivity index (χ0v) is 14.2. The van der Waals surface area contributed by atoms with E-state index in [-0.39, 0.29) is 29.9 Å². The van der Waals surface area contributed by atoms with Crippen molar-refractivity contribution in [2.45, 2.75) is 18.9 Å². The molecule has 0 saturated carbocycles. The van der Waals surface area contributed by atoms with Crippen molar-refractivity contribution in [3.63, 3.8) is 0 Å². The zero-order valence-electron chi connectivity index (χ0n) is 13.4. The molecule has 1 atom stereocenters. The molecule has 128 valence electrons. The number of amides is 2. The van der Waals surface area contributed by atoms with Gasteiger partial charge in [-0.3, -0.25) is 14.9 Å². The molecule has 2 amide bonds. The first kappa shape index (κ1) is 16.9. The highest BCUT2D eigenvalue weighted by Crippen LogP contribution is 2.32. The summed E-state index contributed by atoms with van der Waals surface area (Å²) in [6, 6.07) is 10.3. The number of benzene rings is 1. The SMILES string of the molecule is C[C@@]1(c2cccc(NC(=O)c3ccc(Cl)cn3)c2)CC(=O)NC(N)=N1. The van der Waals surface area contributed by atoms with Crippen LogP contribution in [0.25, 0.3) is 0 Å². The summed E-state index contributed by atoms with van der Waals surface area (Å²) in [6.07, 6.45) is 1.58. The van der Waals surface area contributed by atoms with Crippen LogP contribution in [0, 0.1) is 0 Å². The van der Waals surface area contributed by atoms with Crippen molar-refractivity contribution in [1.29, 1.82) is 0 Å². The van der Waals surface area contributed by atoms with E-state index in [0.29, 0.717) is 10.7 Å². The average molecular weight is 358 g/mol. The lowest BCUT2D eigenvalue weighted by Gasteiger charge is -2.29. The van der Waals surface area contributed by atoms with E-state index in [1.54, 1.807) is 30.3 Å². The van der Waals surface area contributed by atoms with Crippen LogP contribution in [-0.2, 0) is 10.3 Å². The molecule has 0 bridgehead atoms. The normalized spacial score (nSPS) is 19.8. The fourth-order valence-electron chi connectivity index (χ4n) is 2.64. The highest BCUT2D eigenvalue weighted by molar-refractivity contribution is 6.30. The second-order valence-corrected chi connectivity index (χ2v) is 6.33. The fourth-order valence-corrected chi connectivity index (χ4v) is 2.75. The van der Waals surface area contributed by atoms with E-state index < -0.39 is 5.54 Å². The summed E-state index contributed by atoms with van der Waals surface area (Å²) in [4.78, 5) is 32.4. The molecule has 0 radical (unpaired) electrons. The zero-order chi connectivity index (χ0) is 18.0. The number of hydrogen-bond donors (Lipinski definition) is 3. The third-order valence-electron chi connectivity index (χ3n) is 3.84. The van der Waals surface area contributed by atoms with Crippen molar-refractivity contribution >= 4 is 35.1 Å². The molecule has 0 unspecified atom stereocenters. The van der Waals surface area contributed by atoms with Gasteiger partial charge in [0.2, 0.25) is 5.91 Å². The molecule has 7 nitrogen and oxygen atoms in total. The summed E-state index contributed by atoms with van der Waals surface area (Å²) < 4.78 is 0. The number of pyridine rings is 1. The van der Waals surface area contributed by atoms with Crippen molar-refractivity contribution in [3.05, 3.63) is 58.9 Å². The Morgan fingerprint density at radius 3 is 2.84 bits per heavy atom. The molecule has 1 aliphatic heterocycles. The van der Waals surface area contributed by atoms with Gasteiger partial charge in [-0.2, -0.15) is 0 Å². The van der Waals surface area contributed by atoms with E-state index in [2.05, 4.69) is 20.6 Å². The first-order valence-corrected chi connectivity index (χ1v) is 7.92. The van der Waals surface area contributed by atoms with Crippen LogP contribution >= 0.6 is 11.6 Å². The van der Waals surface area contributed by atoms with Gasteiger partial charge in [-0.1, -0.05) is 23.7 Å². The number of nitrogens with one attached hydrogen (secondary N) is 2. The molecule has 4 N–H and O–H groups in total. The van der Waals surface area contributed by atoms with Crippen LogP contribution in [0.1, 0.15) is 29.4 Å². The van der Waals surface area contributed by atoms with E-state index in [0.717, 1.165) is 5.56 Å². The molecule has 1 aliphatic rings. The quantitative estimate of drug-likeness (QED) is 0.780. The van der Waals surface area contributed by atoms with Gasteiger partial charge in [-0.15, -0.1) is 0 Å². The molecule has 1 aromatic carbocycles. The molecule has 2 aromatic rings. The second-order valence-electron chi connectivity index (χ2n) is 5.89. The molecule has 0 spiro atoms. The minimum Gasteiger partial charge on any atom is -0.370 e. The smallest absolute Gasteiger partial charge is 0.274 e. The first-order chi connectivity index (χ1) is 11.9. The van der Waals surface area contributed by atoms with Crippen molar-refractivity contribution < 1.29 is 9.59 Å². The van der Waals surface area contributed by atoms with Crippen LogP contribution in [0.4, 0.5) is 5.69 Å². The number of nitrogens with two attached hydrogens (primary N) is 1. The van der Waals surface area contributed by atoms with Gasteiger partial charge in [0, 0.05) is 11.9 Å². The van der Waals surface area contributed by atoms with Crippen LogP contribution < -0.4 is 16.4 Å². The highest BCUT2D eigenvalue weighted by atomic mass is 35.5. The van der Waals surface area contributed by atoms with Crippen LogP contribution in [0.5, 0.6) is 0 Å². The van der Waals surface area contributed by atoms with Crippen LogP contribution in [0.3, 0.4) is 0 Å². The van der Waals surface area contributed by atoms with Gasteiger partial charge < -0.3 is 11.1 Å². The van der Waals surface area contributed by atoms with Crippen LogP contribution in [-0.4, -0.2) is 22.8 Å². The van der Waals surface area contributed by atoms with Crippen LogP contribution in [0.2, 0.25) is 5.02 Å². The largest absolute Gasteiger partial charge is 0.370 e. The van der Waals surface area contributed by atoms with Crippen LogP contribution in [0.15, 0.2) is 47.6 Å². The van der Waals surface area contributed by atoms with Crippen molar-refractivity contribution in [1.82, 2.24) is 10.3 Å². The minimum atomic E-state index is -0.786. The van der Waals surface area contributed by atoms with Crippen molar-refractivity contribution in [3.8, 4) is 0 Å². The van der Waals surface area contributed by atoms with Gasteiger partial charge in [-0.05, 0) is 36.8 Å². The Morgan fingerprint density at radius 2 is 2.16 bits per heavy atom. The number of guanidine groups is 1. The molecule has 8 heteroatoms. The molecule has 3 rings (SSSR count). The number of halogens is 1. The predicted molar refractivity (Wildman–Crippen MR) is 95.4 cm³/mol. The topological polar surface area (TPSA) is 109 Å². The van der Waals surface area contributed by atoms with Gasteiger partial charge in [0.15, 0.2) is 5.96 Å².